The quantitative estimate of drug-likeness (QED) is 0.383. The minimum Gasteiger partial charge on any atom is -0.368 e. The number of carbonyl (C=O) groups is 1. The molecule has 7 nitrogen and oxygen atoms in total. The summed E-state index contributed by atoms with van der Waals surface area (Å²) in [6, 6.07) is 20.9. The number of alkyl halides is 1. The highest BCUT2D eigenvalue weighted by atomic mass is 19.1. The van der Waals surface area contributed by atoms with Crippen molar-refractivity contribution in [3.8, 4) is 11.3 Å². The number of anilines is 2. The lowest BCUT2D eigenvalue weighted by atomic mass is 10.1. The van der Waals surface area contributed by atoms with Crippen LogP contribution in [0.15, 0.2) is 72.9 Å². The van der Waals surface area contributed by atoms with Crippen LogP contribution in [-0.2, 0) is 0 Å². The van der Waals surface area contributed by atoms with Gasteiger partial charge in [-0.15, -0.1) is 5.10 Å². The average molecular weight is 485 g/mol. The zero-order valence-corrected chi connectivity index (χ0v) is 20.0. The highest BCUT2D eigenvalue weighted by molar-refractivity contribution is 6.06. The Labute approximate surface area is 209 Å². The van der Waals surface area contributed by atoms with Gasteiger partial charge in [0.15, 0.2) is 5.65 Å². The Morgan fingerprint density at radius 1 is 1.08 bits per heavy atom. The summed E-state index contributed by atoms with van der Waals surface area (Å²) in [7, 11) is 0. The van der Waals surface area contributed by atoms with Gasteiger partial charge in [0.05, 0.1) is 11.9 Å². The van der Waals surface area contributed by atoms with Gasteiger partial charge < -0.3 is 15.5 Å². The number of para-hydroxylation sites is 1. The number of hydrogen-bond acceptors (Lipinski definition) is 5. The smallest absolute Gasteiger partial charge is 0.258 e. The molecule has 6 rings (SSSR count). The first kappa shape index (κ1) is 22.7. The van der Waals surface area contributed by atoms with Gasteiger partial charge in [-0.1, -0.05) is 30.3 Å². The predicted octanol–water partition coefficient (Wildman–Crippen LogP) is 4.57. The Morgan fingerprint density at radius 2 is 1.89 bits per heavy atom. The molecular weight excluding hydrogens is 455 g/mol. The van der Waals surface area contributed by atoms with Crippen molar-refractivity contribution < 1.29 is 9.18 Å². The van der Waals surface area contributed by atoms with Gasteiger partial charge in [-0.3, -0.25) is 4.79 Å². The maximum absolute atomic E-state index is 13.8. The molecule has 8 heteroatoms. The zero-order valence-electron chi connectivity index (χ0n) is 20.0. The molecule has 1 aliphatic carbocycles. The fourth-order valence-corrected chi connectivity index (χ4v) is 4.72. The van der Waals surface area contributed by atoms with Crippen molar-refractivity contribution in [3.05, 3.63) is 78.5 Å². The van der Waals surface area contributed by atoms with Crippen LogP contribution >= 0.6 is 0 Å². The van der Waals surface area contributed by atoms with Gasteiger partial charge in [0, 0.05) is 42.5 Å². The van der Waals surface area contributed by atoms with Crippen LogP contribution in [0.2, 0.25) is 0 Å². The first-order valence-electron chi connectivity index (χ1n) is 12.6. The second-order valence-electron chi connectivity index (χ2n) is 9.72. The fraction of sp³-hybridized carbons (Fsp3) is 0.321. The third-order valence-corrected chi connectivity index (χ3v) is 6.94. The Kier molecular flexibility index (Phi) is 6.11. The fourth-order valence-electron chi connectivity index (χ4n) is 4.72. The summed E-state index contributed by atoms with van der Waals surface area (Å²) < 4.78 is 15.6. The van der Waals surface area contributed by atoms with Crippen molar-refractivity contribution in [1.29, 1.82) is 0 Å². The van der Waals surface area contributed by atoms with E-state index < -0.39 is 6.17 Å². The van der Waals surface area contributed by atoms with E-state index in [4.69, 9.17) is 5.10 Å². The monoisotopic (exact) mass is 484 g/mol. The zero-order chi connectivity index (χ0) is 24.5. The molecule has 2 aromatic carbocycles. The number of hydrogen-bond donors (Lipinski definition) is 2. The normalized spacial score (nSPS) is 19.5. The molecule has 2 atom stereocenters. The largest absolute Gasteiger partial charge is 0.368 e. The molecular formula is C28H29FN6O. The molecule has 3 heterocycles. The topological polar surface area (TPSA) is 74.6 Å². The maximum atomic E-state index is 13.8. The second-order valence-corrected chi connectivity index (χ2v) is 9.72. The summed E-state index contributed by atoms with van der Waals surface area (Å²) in [6.07, 6.45) is 3.91. The van der Waals surface area contributed by atoms with Crippen molar-refractivity contribution in [1.82, 2.24) is 19.9 Å². The summed E-state index contributed by atoms with van der Waals surface area (Å²) >= 11 is 0. The van der Waals surface area contributed by atoms with Gasteiger partial charge in [-0.05, 0) is 61.6 Å². The van der Waals surface area contributed by atoms with Crippen LogP contribution in [0.1, 0.15) is 29.6 Å². The minimum absolute atomic E-state index is 0.0737. The summed E-state index contributed by atoms with van der Waals surface area (Å²) in [5.74, 6) is 1.47. The van der Waals surface area contributed by atoms with E-state index in [1.54, 1.807) is 11.1 Å². The number of nitrogens with zero attached hydrogens (tertiary/aromatic N) is 4. The number of amides is 1. The molecule has 1 saturated carbocycles. The van der Waals surface area contributed by atoms with Gasteiger partial charge >= 0.3 is 0 Å². The summed E-state index contributed by atoms with van der Waals surface area (Å²) in [5, 5.41) is 11.3. The molecule has 184 valence electrons. The Balaban J connectivity index is 1.24. The first-order chi connectivity index (χ1) is 17.6. The maximum Gasteiger partial charge on any atom is 0.258 e. The van der Waals surface area contributed by atoms with Gasteiger partial charge in [-0.2, -0.15) is 0 Å². The molecule has 36 heavy (non-hydrogen) atoms. The van der Waals surface area contributed by atoms with Gasteiger partial charge in [0.2, 0.25) is 0 Å². The molecule has 2 aliphatic rings. The summed E-state index contributed by atoms with van der Waals surface area (Å²) in [4.78, 5) is 19.8. The molecule has 1 aliphatic heterocycles. The van der Waals surface area contributed by atoms with Crippen LogP contribution in [0.4, 0.5) is 15.9 Å². The molecule has 2 N–H and O–H groups in total. The van der Waals surface area contributed by atoms with Crippen LogP contribution in [0.25, 0.3) is 16.9 Å². The number of aromatic nitrogens is 3. The van der Waals surface area contributed by atoms with Crippen LogP contribution < -0.4 is 15.5 Å². The Morgan fingerprint density at radius 3 is 2.61 bits per heavy atom. The number of benzene rings is 2. The Hall–Kier alpha value is -3.78. The number of rotatable bonds is 8. The van der Waals surface area contributed by atoms with E-state index >= 15 is 0 Å². The van der Waals surface area contributed by atoms with Crippen molar-refractivity contribution in [3.63, 3.8) is 0 Å². The van der Waals surface area contributed by atoms with Crippen molar-refractivity contribution in [2.45, 2.75) is 31.5 Å². The van der Waals surface area contributed by atoms with E-state index in [9.17, 15) is 9.18 Å². The summed E-state index contributed by atoms with van der Waals surface area (Å²) in [5.41, 5.74) is 3.93. The van der Waals surface area contributed by atoms with Crippen molar-refractivity contribution in [2.24, 2.45) is 5.92 Å². The summed E-state index contributed by atoms with van der Waals surface area (Å²) in [6.45, 7) is 1.69. The standard InChI is InChI=1S/C28H29FN6O/c29-22-14-23(30-16-22)18-34(24-4-2-1-3-5-24)28(36)21-10-8-20(9-11-21)25-17-32-27-13-12-26(33-35(25)27)31-15-19-6-7-19/h1-5,8-13,17,19,22-23,30H,6-7,14-16,18H2,(H,31,33)/t22-,23+/m1/s1. The molecule has 2 aromatic heterocycles. The molecule has 0 bridgehead atoms. The first-order valence-corrected chi connectivity index (χ1v) is 12.6. The van der Waals surface area contributed by atoms with E-state index in [2.05, 4.69) is 15.6 Å². The third-order valence-electron chi connectivity index (χ3n) is 6.94. The predicted molar refractivity (Wildman–Crippen MR) is 139 cm³/mol. The lowest BCUT2D eigenvalue weighted by molar-refractivity contribution is 0.0984. The van der Waals surface area contributed by atoms with Crippen molar-refractivity contribution >= 4 is 23.1 Å². The molecule has 0 radical (unpaired) electrons. The molecule has 0 unspecified atom stereocenters. The van der Waals surface area contributed by atoms with Crippen LogP contribution in [0.3, 0.4) is 0 Å². The van der Waals surface area contributed by atoms with E-state index in [1.807, 2.05) is 71.2 Å². The van der Waals surface area contributed by atoms with Crippen LogP contribution in [-0.4, -0.2) is 52.4 Å². The molecule has 4 aromatic rings. The number of halogens is 1. The lowest BCUT2D eigenvalue weighted by Crippen LogP contribution is -2.41. The van der Waals surface area contributed by atoms with Crippen LogP contribution in [0.5, 0.6) is 0 Å². The van der Waals surface area contributed by atoms with Crippen LogP contribution in [0, 0.1) is 5.92 Å². The van der Waals surface area contributed by atoms with Gasteiger partial charge in [0.25, 0.3) is 5.91 Å². The number of imidazole rings is 1. The number of nitrogens with one attached hydrogen (secondary N) is 2. The highest BCUT2D eigenvalue weighted by Gasteiger charge is 2.28. The van der Waals surface area contributed by atoms with Gasteiger partial charge in [-0.25, -0.2) is 13.9 Å². The second kappa shape index (κ2) is 9.70. The third kappa shape index (κ3) is 4.81. The van der Waals surface area contributed by atoms with Crippen molar-refractivity contribution in [2.75, 3.05) is 29.9 Å². The molecule has 2 fully saturated rings. The average Bonchev–Trinajstić information content (AvgIpc) is 3.51. The molecule has 1 saturated heterocycles. The molecule has 0 spiro atoms. The molecule has 1 amide bonds. The van der Waals surface area contributed by atoms with Gasteiger partial charge in [0.1, 0.15) is 12.0 Å². The van der Waals surface area contributed by atoms with E-state index in [0.717, 1.165) is 40.9 Å². The highest BCUT2D eigenvalue weighted by Crippen LogP contribution is 2.29. The van der Waals surface area contributed by atoms with E-state index in [0.29, 0.717) is 25.1 Å². The van der Waals surface area contributed by atoms with E-state index in [-0.39, 0.29) is 11.9 Å². The number of fused-ring (bicyclic) bond motifs is 1. The lowest BCUT2D eigenvalue weighted by Gasteiger charge is -2.26. The minimum atomic E-state index is -0.870. The Bertz CT molecular complexity index is 1350. The van der Waals surface area contributed by atoms with E-state index in [1.165, 1.54) is 12.8 Å². The number of carbonyl (C=O) groups excluding carboxylic acids is 1. The SMILES string of the molecule is O=C(c1ccc(-c2cnc3ccc(NCC4CC4)nn23)cc1)N(C[C@@H]1C[C@@H](F)CN1)c1ccccc1.